The van der Waals surface area contributed by atoms with E-state index in [0.29, 0.717) is 50.5 Å². The molecule has 0 bridgehead atoms. The molecule has 8 heteroatoms. The maximum absolute atomic E-state index is 13.4. The van der Waals surface area contributed by atoms with Crippen LogP contribution in [-0.4, -0.2) is 91.4 Å². The van der Waals surface area contributed by atoms with Gasteiger partial charge in [0, 0.05) is 39.1 Å². The van der Waals surface area contributed by atoms with Gasteiger partial charge in [0.15, 0.2) is 5.60 Å². The van der Waals surface area contributed by atoms with E-state index in [-0.39, 0.29) is 12.0 Å². The quantitative estimate of drug-likeness (QED) is 0.626. The Bertz CT molecular complexity index is 1010. The second kappa shape index (κ2) is 10.0. The molecule has 180 valence electrons. The molecule has 3 fully saturated rings. The van der Waals surface area contributed by atoms with Crippen molar-refractivity contribution in [3.05, 3.63) is 65.7 Å². The molecule has 0 radical (unpaired) electrons. The highest BCUT2D eigenvalue weighted by Gasteiger charge is 2.50. The largest absolute Gasteiger partial charge is 0.491 e. The lowest BCUT2D eigenvalue weighted by atomic mass is 10.0. The lowest BCUT2D eigenvalue weighted by molar-refractivity contribution is 0.0321. The van der Waals surface area contributed by atoms with Crippen LogP contribution < -0.4 is 4.74 Å². The Hall–Kier alpha value is -3.10. The van der Waals surface area contributed by atoms with Crippen molar-refractivity contribution in [1.82, 2.24) is 14.7 Å². The van der Waals surface area contributed by atoms with Crippen molar-refractivity contribution >= 4 is 12.0 Å². The van der Waals surface area contributed by atoms with E-state index in [1.807, 2.05) is 48.5 Å². The first-order chi connectivity index (χ1) is 16.6. The molecule has 3 saturated heterocycles. The molecule has 5 rings (SSSR count). The fraction of sp³-hybridized carbons (Fsp3) is 0.462. The number of amides is 2. The summed E-state index contributed by atoms with van der Waals surface area (Å²) in [6.07, 6.45) is 0.320. The molecule has 0 aromatic heterocycles. The van der Waals surface area contributed by atoms with E-state index in [0.717, 1.165) is 38.4 Å². The Balaban J connectivity index is 1.19. The van der Waals surface area contributed by atoms with Gasteiger partial charge in [0.05, 0.1) is 31.9 Å². The summed E-state index contributed by atoms with van der Waals surface area (Å²) in [5, 5.41) is 0. The van der Waals surface area contributed by atoms with Crippen LogP contribution in [0.25, 0.3) is 0 Å². The Labute approximate surface area is 200 Å². The summed E-state index contributed by atoms with van der Waals surface area (Å²) in [6, 6.07) is 17.3. The molecule has 2 aromatic rings. The van der Waals surface area contributed by atoms with Crippen LogP contribution >= 0.6 is 0 Å². The van der Waals surface area contributed by atoms with Crippen LogP contribution in [0.15, 0.2) is 54.6 Å². The van der Waals surface area contributed by atoms with Gasteiger partial charge in [0.1, 0.15) is 12.4 Å². The van der Waals surface area contributed by atoms with Gasteiger partial charge in [-0.1, -0.05) is 42.5 Å². The van der Waals surface area contributed by atoms with Gasteiger partial charge in [0.2, 0.25) is 0 Å². The fourth-order valence-electron chi connectivity index (χ4n) is 4.90. The Morgan fingerprint density at radius 1 is 0.971 bits per heavy atom. The molecule has 2 aromatic carbocycles. The van der Waals surface area contributed by atoms with E-state index < -0.39 is 5.60 Å². The van der Waals surface area contributed by atoms with E-state index in [1.54, 1.807) is 15.9 Å². The summed E-state index contributed by atoms with van der Waals surface area (Å²) in [4.78, 5) is 31.8. The summed E-state index contributed by atoms with van der Waals surface area (Å²) in [5.41, 5.74) is 0.964. The molecule has 1 unspecified atom stereocenters. The smallest absolute Gasteiger partial charge is 0.410 e. The Kier molecular flexibility index (Phi) is 6.69. The van der Waals surface area contributed by atoms with Gasteiger partial charge in [-0.15, -0.1) is 0 Å². The number of rotatable bonds is 7. The maximum atomic E-state index is 13.4. The molecule has 3 aliphatic heterocycles. The van der Waals surface area contributed by atoms with Crippen LogP contribution in [-0.2, 0) is 16.0 Å². The zero-order chi connectivity index (χ0) is 23.4. The number of morpholine rings is 1. The van der Waals surface area contributed by atoms with Gasteiger partial charge < -0.3 is 19.1 Å². The molecular weight excluding hydrogens is 434 g/mol. The number of carbonyl (C=O) groups excluding carboxylic acids is 2. The predicted octanol–water partition coefficient (Wildman–Crippen LogP) is 2.63. The van der Waals surface area contributed by atoms with E-state index in [2.05, 4.69) is 4.90 Å². The zero-order valence-electron chi connectivity index (χ0n) is 19.4. The molecule has 2 amide bonds. The summed E-state index contributed by atoms with van der Waals surface area (Å²) in [5.74, 6) is 0.507. The third kappa shape index (κ3) is 5.03. The Morgan fingerprint density at radius 3 is 2.56 bits per heavy atom. The SMILES string of the molecule is O=C1OC2(CCN(C(=O)c3ccccc3OCCN3CCOCC3)C2)CN1Cc1ccccc1. The highest BCUT2D eigenvalue weighted by molar-refractivity contribution is 5.97. The number of hydrogen-bond acceptors (Lipinski definition) is 6. The highest BCUT2D eigenvalue weighted by Crippen LogP contribution is 2.34. The molecule has 0 N–H and O–H groups in total. The maximum Gasteiger partial charge on any atom is 0.410 e. The van der Waals surface area contributed by atoms with Crippen LogP contribution in [0.5, 0.6) is 5.75 Å². The predicted molar refractivity (Wildman–Crippen MR) is 126 cm³/mol. The van der Waals surface area contributed by atoms with Crippen molar-refractivity contribution in [2.45, 2.75) is 18.6 Å². The average molecular weight is 466 g/mol. The average Bonchev–Trinajstić information content (AvgIpc) is 3.42. The number of nitrogens with zero attached hydrogens (tertiary/aromatic N) is 3. The minimum Gasteiger partial charge on any atom is -0.491 e. The third-order valence-electron chi connectivity index (χ3n) is 6.75. The van der Waals surface area contributed by atoms with Crippen molar-refractivity contribution in [3.8, 4) is 5.75 Å². The number of carbonyl (C=O) groups is 2. The van der Waals surface area contributed by atoms with Gasteiger partial charge in [0.25, 0.3) is 5.91 Å². The standard InChI is InChI=1S/C26H31N3O5/c30-24(22-8-4-5-9-23(22)33-17-14-27-12-15-32-16-13-27)28-11-10-26(19-28)20-29(25(31)34-26)18-21-6-2-1-3-7-21/h1-9H,10-20H2. The van der Waals surface area contributed by atoms with E-state index in [4.69, 9.17) is 14.2 Å². The number of hydrogen-bond donors (Lipinski definition) is 0. The first-order valence-corrected chi connectivity index (χ1v) is 11.9. The second-order valence-corrected chi connectivity index (χ2v) is 9.17. The highest BCUT2D eigenvalue weighted by atomic mass is 16.6. The molecule has 3 aliphatic rings. The zero-order valence-corrected chi connectivity index (χ0v) is 19.4. The lowest BCUT2D eigenvalue weighted by Crippen LogP contribution is -2.39. The molecule has 0 aliphatic carbocycles. The summed E-state index contributed by atoms with van der Waals surface area (Å²) >= 11 is 0. The van der Waals surface area contributed by atoms with Crippen LogP contribution in [0.3, 0.4) is 0 Å². The molecule has 0 saturated carbocycles. The minimum absolute atomic E-state index is 0.0867. The first kappa shape index (κ1) is 22.7. The van der Waals surface area contributed by atoms with Crippen LogP contribution in [0, 0.1) is 0 Å². The molecular formula is C26H31N3O5. The first-order valence-electron chi connectivity index (χ1n) is 11.9. The van der Waals surface area contributed by atoms with Gasteiger partial charge in [-0.3, -0.25) is 14.6 Å². The topological polar surface area (TPSA) is 71.5 Å². The van der Waals surface area contributed by atoms with Gasteiger partial charge >= 0.3 is 6.09 Å². The molecule has 34 heavy (non-hydrogen) atoms. The monoisotopic (exact) mass is 465 g/mol. The van der Waals surface area contributed by atoms with E-state index in [1.165, 1.54) is 0 Å². The molecule has 1 spiro atoms. The van der Waals surface area contributed by atoms with E-state index >= 15 is 0 Å². The van der Waals surface area contributed by atoms with Gasteiger partial charge in [-0.2, -0.15) is 0 Å². The van der Waals surface area contributed by atoms with Crippen LogP contribution in [0.2, 0.25) is 0 Å². The molecule has 8 nitrogen and oxygen atoms in total. The number of benzene rings is 2. The fourth-order valence-corrected chi connectivity index (χ4v) is 4.90. The third-order valence-corrected chi connectivity index (χ3v) is 6.75. The Morgan fingerprint density at radius 2 is 1.74 bits per heavy atom. The van der Waals surface area contributed by atoms with Crippen molar-refractivity contribution in [2.24, 2.45) is 0 Å². The van der Waals surface area contributed by atoms with Crippen molar-refractivity contribution in [2.75, 3.05) is 59.1 Å². The van der Waals surface area contributed by atoms with Crippen molar-refractivity contribution in [1.29, 1.82) is 0 Å². The van der Waals surface area contributed by atoms with Gasteiger partial charge in [-0.05, 0) is 17.7 Å². The number of ether oxygens (including phenoxy) is 3. The van der Waals surface area contributed by atoms with Crippen LogP contribution in [0.4, 0.5) is 4.79 Å². The summed E-state index contributed by atoms with van der Waals surface area (Å²) in [7, 11) is 0. The van der Waals surface area contributed by atoms with Crippen molar-refractivity contribution in [3.63, 3.8) is 0 Å². The van der Waals surface area contributed by atoms with Gasteiger partial charge in [-0.25, -0.2) is 4.79 Å². The van der Waals surface area contributed by atoms with Crippen LogP contribution in [0.1, 0.15) is 22.3 Å². The number of para-hydroxylation sites is 1. The molecule has 1 atom stereocenters. The number of likely N-dealkylation sites (tertiary alicyclic amines) is 1. The van der Waals surface area contributed by atoms with Crippen molar-refractivity contribution < 1.29 is 23.8 Å². The minimum atomic E-state index is -0.645. The lowest BCUT2D eigenvalue weighted by Gasteiger charge is -2.26. The second-order valence-electron chi connectivity index (χ2n) is 9.17. The normalized spacial score (nSPS) is 22.9. The summed E-state index contributed by atoms with van der Waals surface area (Å²) < 4.78 is 17.2. The summed E-state index contributed by atoms with van der Waals surface area (Å²) in [6.45, 7) is 6.56. The van der Waals surface area contributed by atoms with E-state index in [9.17, 15) is 9.59 Å². The molecule has 3 heterocycles.